The molecule has 2 rings (SSSR count). The maximum atomic E-state index is 11.2. The molecule has 0 radical (unpaired) electrons. The zero-order chi connectivity index (χ0) is 10.6. The summed E-state index contributed by atoms with van der Waals surface area (Å²) in [6.45, 7) is 5.96. The van der Waals surface area contributed by atoms with Gasteiger partial charge >= 0.3 is 0 Å². The molecule has 0 saturated heterocycles. The number of nitrogens with zero attached hydrogens (tertiary/aromatic N) is 1. The van der Waals surface area contributed by atoms with Crippen LogP contribution in [0.3, 0.4) is 0 Å². The Morgan fingerprint density at radius 2 is 2.00 bits per heavy atom. The molecule has 0 aromatic carbocycles. The third-order valence-electron chi connectivity index (χ3n) is 1.89. The molecule has 3 nitrogen and oxygen atoms in total. The normalized spacial score (nSPS) is 9.36. The molecule has 2 aromatic rings. The summed E-state index contributed by atoms with van der Waals surface area (Å²) in [7, 11) is 0. The Kier molecular flexibility index (Phi) is 3.40. The second kappa shape index (κ2) is 4.56. The lowest BCUT2D eigenvalue weighted by Gasteiger charge is -1.97. The van der Waals surface area contributed by atoms with Gasteiger partial charge in [-0.15, -0.1) is 0 Å². The van der Waals surface area contributed by atoms with Gasteiger partial charge in [0.2, 0.25) is 0 Å². The Bertz CT molecular complexity index is 474. The molecule has 0 spiro atoms. The fourth-order valence-electron chi connectivity index (χ4n) is 1.23. The van der Waals surface area contributed by atoms with Crippen molar-refractivity contribution in [3.8, 4) is 0 Å². The highest BCUT2D eigenvalue weighted by atomic mass is 16.1. The van der Waals surface area contributed by atoms with Crippen molar-refractivity contribution in [1.82, 2.24) is 9.97 Å². The maximum absolute atomic E-state index is 11.2. The van der Waals surface area contributed by atoms with Crippen molar-refractivity contribution >= 4 is 10.9 Å². The van der Waals surface area contributed by atoms with Gasteiger partial charge in [0.25, 0.3) is 5.56 Å². The zero-order valence-corrected chi connectivity index (χ0v) is 8.66. The first-order valence-corrected chi connectivity index (χ1v) is 4.72. The molecule has 0 bridgehead atoms. The SMILES string of the molecule is CC.Cc1ccnc2c(=O)[nH]ccc12. The van der Waals surface area contributed by atoms with Crippen molar-refractivity contribution in [2.75, 3.05) is 0 Å². The van der Waals surface area contributed by atoms with E-state index in [0.29, 0.717) is 5.52 Å². The van der Waals surface area contributed by atoms with Crippen LogP contribution in [0.4, 0.5) is 0 Å². The summed E-state index contributed by atoms with van der Waals surface area (Å²) >= 11 is 0. The molecule has 1 N–H and O–H groups in total. The van der Waals surface area contributed by atoms with Gasteiger partial charge in [-0.2, -0.15) is 0 Å². The van der Waals surface area contributed by atoms with E-state index in [4.69, 9.17) is 0 Å². The first kappa shape index (κ1) is 10.4. The molecule has 0 saturated carbocycles. The number of aryl methyl sites for hydroxylation is 1. The molecule has 0 atom stereocenters. The predicted octanol–water partition coefficient (Wildman–Crippen LogP) is 2.26. The summed E-state index contributed by atoms with van der Waals surface area (Å²) in [4.78, 5) is 17.8. The maximum Gasteiger partial charge on any atom is 0.274 e. The van der Waals surface area contributed by atoms with Crippen molar-refractivity contribution in [2.45, 2.75) is 20.8 Å². The standard InChI is InChI=1S/C9H8N2O.C2H6/c1-6-2-4-10-8-7(6)3-5-11-9(8)12;1-2/h2-5H,1H3,(H,11,12);1-2H3. The van der Waals surface area contributed by atoms with Crippen LogP contribution in [0, 0.1) is 6.92 Å². The van der Waals surface area contributed by atoms with Crippen LogP contribution in [0.25, 0.3) is 10.9 Å². The summed E-state index contributed by atoms with van der Waals surface area (Å²) < 4.78 is 0. The Morgan fingerprint density at radius 3 is 2.64 bits per heavy atom. The molecule has 0 aliphatic rings. The van der Waals surface area contributed by atoms with Crippen LogP contribution in [0.2, 0.25) is 0 Å². The van der Waals surface area contributed by atoms with Gasteiger partial charge < -0.3 is 4.98 Å². The second-order valence-electron chi connectivity index (χ2n) is 2.70. The van der Waals surface area contributed by atoms with Crippen molar-refractivity contribution < 1.29 is 0 Å². The topological polar surface area (TPSA) is 45.8 Å². The quantitative estimate of drug-likeness (QED) is 0.692. The van der Waals surface area contributed by atoms with Crippen molar-refractivity contribution in [3.05, 3.63) is 40.4 Å². The van der Waals surface area contributed by atoms with Crippen LogP contribution < -0.4 is 5.56 Å². The molecule has 2 aromatic heterocycles. The number of hydrogen-bond acceptors (Lipinski definition) is 2. The van der Waals surface area contributed by atoms with Gasteiger partial charge in [-0.05, 0) is 24.6 Å². The zero-order valence-electron chi connectivity index (χ0n) is 8.66. The number of fused-ring (bicyclic) bond motifs is 1. The largest absolute Gasteiger partial charge is 0.327 e. The van der Waals surface area contributed by atoms with Crippen LogP contribution in [0.5, 0.6) is 0 Å². The van der Waals surface area contributed by atoms with Crippen LogP contribution >= 0.6 is 0 Å². The van der Waals surface area contributed by atoms with E-state index >= 15 is 0 Å². The van der Waals surface area contributed by atoms with Crippen molar-refractivity contribution in [1.29, 1.82) is 0 Å². The Labute approximate surface area is 82.8 Å². The Morgan fingerprint density at radius 1 is 1.29 bits per heavy atom. The minimum atomic E-state index is -0.129. The lowest BCUT2D eigenvalue weighted by Crippen LogP contribution is -2.06. The third-order valence-corrected chi connectivity index (χ3v) is 1.89. The average molecular weight is 190 g/mol. The predicted molar refractivity (Wildman–Crippen MR) is 58.4 cm³/mol. The minimum Gasteiger partial charge on any atom is -0.327 e. The molecular formula is C11H14N2O. The van der Waals surface area contributed by atoms with Crippen LogP contribution in [0.1, 0.15) is 19.4 Å². The smallest absolute Gasteiger partial charge is 0.274 e. The fourth-order valence-corrected chi connectivity index (χ4v) is 1.23. The molecule has 74 valence electrons. The van der Waals surface area contributed by atoms with Gasteiger partial charge in [0.1, 0.15) is 5.52 Å². The van der Waals surface area contributed by atoms with Gasteiger partial charge in [0.05, 0.1) is 0 Å². The first-order valence-electron chi connectivity index (χ1n) is 4.72. The number of pyridine rings is 2. The third kappa shape index (κ3) is 1.82. The Hall–Kier alpha value is -1.64. The number of aromatic nitrogens is 2. The molecule has 0 fully saturated rings. The van der Waals surface area contributed by atoms with Crippen molar-refractivity contribution in [2.24, 2.45) is 0 Å². The summed E-state index contributed by atoms with van der Waals surface area (Å²) in [5.74, 6) is 0. The lowest BCUT2D eigenvalue weighted by molar-refractivity contribution is 1.23. The summed E-state index contributed by atoms with van der Waals surface area (Å²) in [5, 5.41) is 0.918. The number of H-pyrrole nitrogens is 1. The van der Waals surface area contributed by atoms with E-state index in [-0.39, 0.29) is 5.56 Å². The number of rotatable bonds is 0. The average Bonchev–Trinajstić information content (AvgIpc) is 2.23. The van der Waals surface area contributed by atoms with E-state index in [1.807, 2.05) is 32.9 Å². The van der Waals surface area contributed by atoms with Crippen molar-refractivity contribution in [3.63, 3.8) is 0 Å². The molecule has 0 amide bonds. The molecule has 3 heteroatoms. The molecular weight excluding hydrogens is 176 g/mol. The van der Waals surface area contributed by atoms with E-state index in [1.165, 1.54) is 0 Å². The second-order valence-corrected chi connectivity index (χ2v) is 2.70. The summed E-state index contributed by atoms with van der Waals surface area (Å²) in [6, 6.07) is 3.75. The van der Waals surface area contributed by atoms with Gasteiger partial charge in [0.15, 0.2) is 0 Å². The van der Waals surface area contributed by atoms with Gasteiger partial charge in [-0.3, -0.25) is 9.78 Å². The van der Waals surface area contributed by atoms with Gasteiger partial charge in [-0.1, -0.05) is 13.8 Å². The van der Waals surface area contributed by atoms with Gasteiger partial charge in [-0.25, -0.2) is 0 Å². The van der Waals surface area contributed by atoms with E-state index in [0.717, 1.165) is 10.9 Å². The minimum absolute atomic E-state index is 0.129. The molecule has 0 aliphatic carbocycles. The number of hydrogen-bond donors (Lipinski definition) is 1. The molecule has 0 unspecified atom stereocenters. The summed E-state index contributed by atoms with van der Waals surface area (Å²) in [5.41, 5.74) is 1.46. The number of aromatic amines is 1. The first-order chi connectivity index (χ1) is 6.79. The summed E-state index contributed by atoms with van der Waals surface area (Å²) in [6.07, 6.45) is 3.28. The van der Waals surface area contributed by atoms with E-state index in [2.05, 4.69) is 9.97 Å². The molecule has 2 heterocycles. The highest BCUT2D eigenvalue weighted by Crippen LogP contribution is 2.09. The number of nitrogens with one attached hydrogen (secondary N) is 1. The highest BCUT2D eigenvalue weighted by molar-refractivity contribution is 5.80. The van der Waals surface area contributed by atoms with E-state index < -0.39 is 0 Å². The fraction of sp³-hybridized carbons (Fsp3) is 0.273. The molecule has 0 aliphatic heterocycles. The van der Waals surface area contributed by atoms with Gasteiger partial charge in [0, 0.05) is 17.8 Å². The van der Waals surface area contributed by atoms with Crippen LogP contribution in [-0.2, 0) is 0 Å². The molecule has 14 heavy (non-hydrogen) atoms. The van der Waals surface area contributed by atoms with Crippen LogP contribution in [0.15, 0.2) is 29.3 Å². The Balaban J connectivity index is 0.000000461. The van der Waals surface area contributed by atoms with E-state index in [1.54, 1.807) is 12.4 Å². The van der Waals surface area contributed by atoms with Crippen LogP contribution in [-0.4, -0.2) is 9.97 Å². The van der Waals surface area contributed by atoms with E-state index in [9.17, 15) is 4.79 Å². The highest BCUT2D eigenvalue weighted by Gasteiger charge is 1.99. The lowest BCUT2D eigenvalue weighted by atomic mass is 10.2. The monoisotopic (exact) mass is 190 g/mol.